The molecular formula is C22H29N5S. The van der Waals surface area contributed by atoms with Gasteiger partial charge in [0.15, 0.2) is 0 Å². The Labute approximate surface area is 170 Å². The topological polar surface area (TPSA) is 53.9 Å². The quantitative estimate of drug-likeness (QED) is 0.660. The van der Waals surface area contributed by atoms with Gasteiger partial charge in [0.25, 0.3) is 0 Å². The fourth-order valence-electron chi connectivity index (χ4n) is 4.63. The summed E-state index contributed by atoms with van der Waals surface area (Å²) in [5.74, 6) is 2.81. The Morgan fingerprint density at radius 2 is 1.82 bits per heavy atom. The van der Waals surface area contributed by atoms with Crippen molar-refractivity contribution in [1.82, 2.24) is 15.0 Å². The summed E-state index contributed by atoms with van der Waals surface area (Å²) in [4.78, 5) is 18.2. The third kappa shape index (κ3) is 3.11. The number of hydrogen-bond acceptors (Lipinski definition) is 6. The normalized spacial score (nSPS) is 17.5. The highest BCUT2D eigenvalue weighted by Crippen LogP contribution is 2.42. The Morgan fingerprint density at radius 3 is 2.61 bits per heavy atom. The van der Waals surface area contributed by atoms with Crippen molar-refractivity contribution >= 4 is 43.4 Å². The van der Waals surface area contributed by atoms with E-state index < -0.39 is 0 Å². The van der Waals surface area contributed by atoms with Crippen LogP contribution >= 0.6 is 11.3 Å². The molecule has 5 rings (SSSR count). The van der Waals surface area contributed by atoms with Gasteiger partial charge in [-0.25, -0.2) is 15.0 Å². The lowest BCUT2D eigenvalue weighted by Gasteiger charge is -2.31. The number of aryl methyl sites for hydroxylation is 1. The van der Waals surface area contributed by atoms with Crippen molar-refractivity contribution in [3.05, 3.63) is 17.5 Å². The first-order valence-electron chi connectivity index (χ1n) is 10.8. The van der Waals surface area contributed by atoms with Crippen molar-refractivity contribution < 1.29 is 0 Å². The van der Waals surface area contributed by atoms with Crippen molar-refractivity contribution in [3.63, 3.8) is 0 Å². The van der Waals surface area contributed by atoms with E-state index in [2.05, 4.69) is 29.0 Å². The lowest BCUT2D eigenvalue weighted by atomic mass is 9.89. The van der Waals surface area contributed by atoms with Crippen molar-refractivity contribution in [3.8, 4) is 0 Å². The van der Waals surface area contributed by atoms with E-state index in [0.717, 1.165) is 53.3 Å². The van der Waals surface area contributed by atoms with Gasteiger partial charge in [0.2, 0.25) is 0 Å². The van der Waals surface area contributed by atoms with Gasteiger partial charge >= 0.3 is 0 Å². The molecule has 0 saturated carbocycles. The molecule has 1 aliphatic heterocycles. The first-order chi connectivity index (χ1) is 13.7. The van der Waals surface area contributed by atoms with Crippen LogP contribution in [0.4, 0.5) is 11.6 Å². The summed E-state index contributed by atoms with van der Waals surface area (Å²) in [6.07, 6.45) is 10.5. The van der Waals surface area contributed by atoms with Crippen LogP contribution in [-0.4, -0.2) is 34.6 Å². The molecule has 1 fully saturated rings. The van der Waals surface area contributed by atoms with Crippen LogP contribution in [0.15, 0.2) is 6.33 Å². The summed E-state index contributed by atoms with van der Waals surface area (Å²) in [5, 5.41) is 4.82. The van der Waals surface area contributed by atoms with Crippen LogP contribution in [0.3, 0.4) is 0 Å². The van der Waals surface area contributed by atoms with Crippen LogP contribution < -0.4 is 10.2 Å². The number of piperidine rings is 1. The molecule has 3 aromatic rings. The summed E-state index contributed by atoms with van der Waals surface area (Å²) >= 11 is 1.77. The van der Waals surface area contributed by atoms with E-state index in [4.69, 9.17) is 9.97 Å². The van der Waals surface area contributed by atoms with Gasteiger partial charge in [0.05, 0.1) is 10.2 Å². The Kier molecular flexibility index (Phi) is 4.83. The standard InChI is InChI=1S/C22H29N5S/c1-14(2)12-23-20-19-18(24-13-25-20)17-15-8-4-5-9-16(15)21(26-22(17)28-19)27-10-6-3-7-11-27/h13-14H,3-12H2,1-2H3,(H,23,24,25). The molecule has 0 bridgehead atoms. The third-order valence-electron chi connectivity index (χ3n) is 6.03. The van der Waals surface area contributed by atoms with Gasteiger partial charge in [0, 0.05) is 25.0 Å². The molecule has 5 nitrogen and oxygen atoms in total. The van der Waals surface area contributed by atoms with Gasteiger partial charge in [-0.3, -0.25) is 0 Å². The summed E-state index contributed by atoms with van der Waals surface area (Å²) in [6, 6.07) is 0. The van der Waals surface area contributed by atoms with Gasteiger partial charge < -0.3 is 10.2 Å². The lowest BCUT2D eigenvalue weighted by Crippen LogP contribution is -2.31. The van der Waals surface area contributed by atoms with Gasteiger partial charge in [-0.1, -0.05) is 13.8 Å². The molecule has 28 heavy (non-hydrogen) atoms. The minimum atomic E-state index is 0.580. The van der Waals surface area contributed by atoms with Crippen LogP contribution in [0, 0.1) is 5.92 Å². The van der Waals surface area contributed by atoms with E-state index in [1.807, 2.05) is 0 Å². The zero-order valence-corrected chi connectivity index (χ0v) is 17.7. The molecule has 4 heterocycles. The average molecular weight is 396 g/mol. The zero-order valence-electron chi connectivity index (χ0n) is 16.9. The summed E-state index contributed by atoms with van der Waals surface area (Å²) in [7, 11) is 0. The summed E-state index contributed by atoms with van der Waals surface area (Å²) < 4.78 is 1.16. The van der Waals surface area contributed by atoms with E-state index >= 15 is 0 Å². The van der Waals surface area contributed by atoms with Gasteiger partial charge in [-0.2, -0.15) is 0 Å². The highest BCUT2D eigenvalue weighted by Gasteiger charge is 2.26. The van der Waals surface area contributed by atoms with Crippen LogP contribution in [-0.2, 0) is 12.8 Å². The second kappa shape index (κ2) is 7.47. The van der Waals surface area contributed by atoms with Gasteiger partial charge in [-0.05, 0) is 62.0 Å². The Balaban J connectivity index is 1.70. The molecule has 2 aliphatic rings. The van der Waals surface area contributed by atoms with Crippen molar-refractivity contribution in [1.29, 1.82) is 0 Å². The minimum absolute atomic E-state index is 0.580. The predicted octanol–water partition coefficient (Wildman–Crippen LogP) is 5.18. The fraction of sp³-hybridized carbons (Fsp3) is 0.591. The molecule has 0 spiro atoms. The smallest absolute Gasteiger partial charge is 0.147 e. The minimum Gasteiger partial charge on any atom is -0.369 e. The molecular weight excluding hydrogens is 366 g/mol. The second-order valence-electron chi connectivity index (χ2n) is 8.60. The fourth-order valence-corrected chi connectivity index (χ4v) is 5.75. The molecule has 1 N–H and O–H groups in total. The number of nitrogens with one attached hydrogen (secondary N) is 1. The molecule has 3 aromatic heterocycles. The summed E-state index contributed by atoms with van der Waals surface area (Å²) in [6.45, 7) is 7.66. The second-order valence-corrected chi connectivity index (χ2v) is 9.60. The first-order valence-corrected chi connectivity index (χ1v) is 11.6. The first kappa shape index (κ1) is 18.1. The molecule has 1 aliphatic carbocycles. The molecule has 0 radical (unpaired) electrons. The van der Waals surface area contributed by atoms with Crippen molar-refractivity contribution in [2.75, 3.05) is 29.9 Å². The maximum Gasteiger partial charge on any atom is 0.147 e. The lowest BCUT2D eigenvalue weighted by molar-refractivity contribution is 0.569. The highest BCUT2D eigenvalue weighted by atomic mass is 32.1. The van der Waals surface area contributed by atoms with Crippen molar-refractivity contribution in [2.24, 2.45) is 5.92 Å². The monoisotopic (exact) mass is 395 g/mol. The average Bonchev–Trinajstić information content (AvgIpc) is 3.11. The van der Waals surface area contributed by atoms with Crippen LogP contribution in [0.25, 0.3) is 20.4 Å². The number of aromatic nitrogens is 3. The summed E-state index contributed by atoms with van der Waals surface area (Å²) in [5.41, 5.74) is 4.10. The van der Waals surface area contributed by atoms with Crippen LogP contribution in [0.1, 0.15) is 57.1 Å². The van der Waals surface area contributed by atoms with E-state index in [0.29, 0.717) is 5.92 Å². The zero-order chi connectivity index (χ0) is 19.1. The maximum atomic E-state index is 5.23. The molecule has 0 amide bonds. The highest BCUT2D eigenvalue weighted by molar-refractivity contribution is 7.26. The van der Waals surface area contributed by atoms with Crippen LogP contribution in [0.2, 0.25) is 0 Å². The van der Waals surface area contributed by atoms with E-state index in [-0.39, 0.29) is 0 Å². The Bertz CT molecular complexity index is 1000. The molecule has 1 saturated heterocycles. The van der Waals surface area contributed by atoms with Crippen molar-refractivity contribution in [2.45, 2.75) is 58.8 Å². The third-order valence-corrected chi connectivity index (χ3v) is 7.11. The van der Waals surface area contributed by atoms with Crippen LogP contribution in [0.5, 0.6) is 0 Å². The predicted molar refractivity (Wildman–Crippen MR) is 119 cm³/mol. The Hall–Kier alpha value is -1.95. The van der Waals surface area contributed by atoms with E-state index in [1.54, 1.807) is 17.7 Å². The molecule has 0 atom stereocenters. The molecule has 0 aromatic carbocycles. The number of nitrogens with zero attached hydrogens (tertiary/aromatic N) is 4. The number of pyridine rings is 1. The molecule has 148 valence electrons. The van der Waals surface area contributed by atoms with E-state index in [1.165, 1.54) is 54.4 Å². The molecule has 0 unspecified atom stereocenters. The number of thiophene rings is 1. The van der Waals surface area contributed by atoms with Gasteiger partial charge in [0.1, 0.15) is 22.8 Å². The van der Waals surface area contributed by atoms with E-state index in [9.17, 15) is 0 Å². The molecule has 6 heteroatoms. The SMILES string of the molecule is CC(C)CNc1ncnc2c1sc1nc(N3CCCCC3)c3c(c12)CCCC3. The maximum absolute atomic E-state index is 5.23. The number of hydrogen-bond donors (Lipinski definition) is 1. The largest absolute Gasteiger partial charge is 0.369 e. The Morgan fingerprint density at radius 1 is 1.04 bits per heavy atom. The van der Waals surface area contributed by atoms with Gasteiger partial charge in [-0.15, -0.1) is 11.3 Å². The number of rotatable bonds is 4. The number of anilines is 2. The number of fused-ring (bicyclic) bond motifs is 5.